The second-order valence-corrected chi connectivity index (χ2v) is 6.53. The molecule has 132 valence electrons. The van der Waals surface area contributed by atoms with Crippen LogP contribution in [0.5, 0.6) is 5.75 Å². The van der Waals surface area contributed by atoms with Crippen LogP contribution < -0.4 is 15.4 Å². The summed E-state index contributed by atoms with van der Waals surface area (Å²) in [5, 5.41) is 8.12. The van der Waals surface area contributed by atoms with Crippen LogP contribution in [0.4, 0.5) is 5.69 Å². The van der Waals surface area contributed by atoms with Crippen LogP contribution in [-0.2, 0) is 4.79 Å². The van der Waals surface area contributed by atoms with E-state index in [1.807, 2.05) is 68.4 Å². The van der Waals surface area contributed by atoms with E-state index in [2.05, 4.69) is 16.7 Å². The van der Waals surface area contributed by atoms with Crippen molar-refractivity contribution in [2.24, 2.45) is 0 Å². The van der Waals surface area contributed by atoms with Gasteiger partial charge < -0.3 is 10.1 Å². The van der Waals surface area contributed by atoms with Crippen molar-refractivity contribution in [1.29, 1.82) is 0 Å². The van der Waals surface area contributed by atoms with E-state index in [4.69, 9.17) is 17.0 Å². The zero-order chi connectivity index (χ0) is 18.5. The summed E-state index contributed by atoms with van der Waals surface area (Å²) < 4.78 is 5.57. The fourth-order valence-corrected chi connectivity index (χ4v) is 2.90. The van der Waals surface area contributed by atoms with Gasteiger partial charge in [-0.3, -0.25) is 10.1 Å². The van der Waals surface area contributed by atoms with E-state index in [1.165, 1.54) is 5.56 Å². The van der Waals surface area contributed by atoms with E-state index >= 15 is 0 Å². The van der Waals surface area contributed by atoms with Crippen molar-refractivity contribution >= 4 is 39.7 Å². The number of thiocarbonyl (C=S) groups is 1. The van der Waals surface area contributed by atoms with Gasteiger partial charge in [-0.1, -0.05) is 48.0 Å². The highest BCUT2D eigenvalue weighted by molar-refractivity contribution is 7.80. The zero-order valence-corrected chi connectivity index (χ0v) is 15.5. The average molecular weight is 364 g/mol. The van der Waals surface area contributed by atoms with Gasteiger partial charge in [0.1, 0.15) is 5.75 Å². The Kier molecular flexibility index (Phi) is 5.49. The van der Waals surface area contributed by atoms with Crippen LogP contribution in [0, 0.1) is 13.8 Å². The maximum atomic E-state index is 12.1. The number of ether oxygens (including phenoxy) is 1. The van der Waals surface area contributed by atoms with Gasteiger partial charge in [-0.05, 0) is 60.6 Å². The Morgan fingerprint density at radius 3 is 2.54 bits per heavy atom. The lowest BCUT2D eigenvalue weighted by molar-refractivity contribution is -0.121. The standard InChI is InChI=1S/C21H20N2O2S/c1-14-7-10-19(15(2)11-14)22-21(26)23-20(24)13-25-18-9-8-16-5-3-4-6-17(16)12-18/h3-12H,13H2,1-2H3,(H2,22,23,24,26). The first-order chi connectivity index (χ1) is 12.5. The molecule has 3 aromatic carbocycles. The first kappa shape index (κ1) is 17.9. The summed E-state index contributed by atoms with van der Waals surface area (Å²) in [5.74, 6) is 0.340. The van der Waals surface area contributed by atoms with Crippen LogP contribution >= 0.6 is 12.2 Å². The third kappa shape index (κ3) is 4.58. The minimum Gasteiger partial charge on any atom is -0.484 e. The smallest absolute Gasteiger partial charge is 0.264 e. The van der Waals surface area contributed by atoms with Crippen LogP contribution in [0.3, 0.4) is 0 Å². The molecule has 1 amide bonds. The summed E-state index contributed by atoms with van der Waals surface area (Å²) in [4.78, 5) is 12.1. The molecule has 0 aliphatic rings. The fraction of sp³-hybridized carbons (Fsp3) is 0.143. The molecule has 5 heteroatoms. The molecule has 0 radical (unpaired) electrons. The summed E-state index contributed by atoms with van der Waals surface area (Å²) in [6.45, 7) is 3.91. The quantitative estimate of drug-likeness (QED) is 0.676. The molecule has 26 heavy (non-hydrogen) atoms. The molecule has 3 aromatic rings. The van der Waals surface area contributed by atoms with Crippen molar-refractivity contribution in [2.45, 2.75) is 13.8 Å². The summed E-state index contributed by atoms with van der Waals surface area (Å²) >= 11 is 5.20. The molecule has 0 heterocycles. The van der Waals surface area contributed by atoms with Gasteiger partial charge in [-0.15, -0.1) is 0 Å². The Bertz CT molecular complexity index is 969. The van der Waals surface area contributed by atoms with E-state index in [-0.39, 0.29) is 17.6 Å². The average Bonchev–Trinajstić information content (AvgIpc) is 2.62. The second-order valence-electron chi connectivity index (χ2n) is 6.12. The van der Waals surface area contributed by atoms with E-state index in [0.717, 1.165) is 22.0 Å². The van der Waals surface area contributed by atoms with Crippen LogP contribution in [0.1, 0.15) is 11.1 Å². The van der Waals surface area contributed by atoms with E-state index in [1.54, 1.807) is 0 Å². The molecule has 0 bridgehead atoms. The molecular formula is C21H20N2O2S. The summed E-state index contributed by atoms with van der Waals surface area (Å²) in [7, 11) is 0. The van der Waals surface area contributed by atoms with Crippen LogP contribution in [0.2, 0.25) is 0 Å². The monoisotopic (exact) mass is 364 g/mol. The molecule has 2 N–H and O–H groups in total. The largest absolute Gasteiger partial charge is 0.484 e. The molecule has 0 spiro atoms. The van der Waals surface area contributed by atoms with Crippen LogP contribution in [0.15, 0.2) is 60.7 Å². The van der Waals surface area contributed by atoms with Crippen LogP contribution in [-0.4, -0.2) is 17.6 Å². The summed E-state index contributed by atoms with van der Waals surface area (Å²) in [6, 6.07) is 19.7. The maximum absolute atomic E-state index is 12.1. The van der Waals surface area contributed by atoms with Gasteiger partial charge in [0.2, 0.25) is 0 Å². The number of hydrogen-bond acceptors (Lipinski definition) is 3. The summed E-state index contributed by atoms with van der Waals surface area (Å²) in [6.07, 6.45) is 0. The van der Waals surface area contributed by atoms with Crippen molar-refractivity contribution in [1.82, 2.24) is 5.32 Å². The van der Waals surface area contributed by atoms with Gasteiger partial charge in [0.05, 0.1) is 0 Å². The van der Waals surface area contributed by atoms with Crippen molar-refractivity contribution in [3.05, 3.63) is 71.8 Å². The number of carbonyl (C=O) groups is 1. The molecule has 4 nitrogen and oxygen atoms in total. The Morgan fingerprint density at radius 2 is 1.77 bits per heavy atom. The van der Waals surface area contributed by atoms with Gasteiger partial charge in [-0.2, -0.15) is 0 Å². The van der Waals surface area contributed by atoms with Gasteiger partial charge >= 0.3 is 0 Å². The lowest BCUT2D eigenvalue weighted by Crippen LogP contribution is -2.37. The SMILES string of the molecule is Cc1ccc(NC(=S)NC(=O)COc2ccc3ccccc3c2)c(C)c1. The fourth-order valence-electron chi connectivity index (χ4n) is 2.68. The van der Waals surface area contributed by atoms with Gasteiger partial charge in [0.15, 0.2) is 11.7 Å². The molecule has 0 fully saturated rings. The van der Waals surface area contributed by atoms with Crippen molar-refractivity contribution in [2.75, 3.05) is 11.9 Å². The first-order valence-corrected chi connectivity index (χ1v) is 8.72. The number of nitrogens with one attached hydrogen (secondary N) is 2. The predicted octanol–water partition coefficient (Wildman–Crippen LogP) is 4.35. The minimum absolute atomic E-state index is 0.104. The number of benzene rings is 3. The van der Waals surface area contributed by atoms with E-state index in [0.29, 0.717) is 5.75 Å². The molecule has 0 aliphatic heterocycles. The van der Waals surface area contributed by atoms with Crippen molar-refractivity contribution in [3.63, 3.8) is 0 Å². The lowest BCUT2D eigenvalue weighted by Gasteiger charge is -2.12. The van der Waals surface area contributed by atoms with Gasteiger partial charge in [0.25, 0.3) is 5.91 Å². The van der Waals surface area contributed by atoms with E-state index < -0.39 is 0 Å². The third-order valence-electron chi connectivity index (χ3n) is 3.97. The Hall–Kier alpha value is -2.92. The number of amides is 1. The zero-order valence-electron chi connectivity index (χ0n) is 14.7. The Balaban J connectivity index is 1.53. The number of carbonyl (C=O) groups excluding carboxylic acids is 1. The normalized spacial score (nSPS) is 10.4. The Morgan fingerprint density at radius 1 is 1.00 bits per heavy atom. The Labute approximate surface area is 158 Å². The maximum Gasteiger partial charge on any atom is 0.264 e. The number of rotatable bonds is 4. The molecule has 0 saturated heterocycles. The molecular weight excluding hydrogens is 344 g/mol. The number of hydrogen-bond donors (Lipinski definition) is 2. The number of aryl methyl sites for hydroxylation is 2. The number of fused-ring (bicyclic) bond motifs is 1. The van der Waals surface area contributed by atoms with Crippen LogP contribution in [0.25, 0.3) is 10.8 Å². The lowest BCUT2D eigenvalue weighted by atomic mass is 10.1. The first-order valence-electron chi connectivity index (χ1n) is 8.31. The molecule has 0 aliphatic carbocycles. The molecule has 0 atom stereocenters. The van der Waals surface area contributed by atoms with Gasteiger partial charge in [-0.25, -0.2) is 0 Å². The van der Waals surface area contributed by atoms with E-state index in [9.17, 15) is 4.79 Å². The molecule has 0 saturated carbocycles. The summed E-state index contributed by atoms with van der Waals surface area (Å²) in [5.41, 5.74) is 3.11. The van der Waals surface area contributed by atoms with Crippen molar-refractivity contribution in [3.8, 4) is 5.75 Å². The minimum atomic E-state index is -0.305. The molecule has 0 unspecified atom stereocenters. The predicted molar refractivity (Wildman–Crippen MR) is 110 cm³/mol. The van der Waals surface area contributed by atoms with Gasteiger partial charge in [0, 0.05) is 5.69 Å². The number of anilines is 1. The highest BCUT2D eigenvalue weighted by Crippen LogP contribution is 2.20. The molecule has 3 rings (SSSR count). The third-order valence-corrected chi connectivity index (χ3v) is 4.18. The highest BCUT2D eigenvalue weighted by Gasteiger charge is 2.08. The second kappa shape index (κ2) is 7.97. The van der Waals surface area contributed by atoms with Crippen molar-refractivity contribution < 1.29 is 9.53 Å². The topological polar surface area (TPSA) is 50.4 Å². The highest BCUT2D eigenvalue weighted by atomic mass is 32.1. The molecule has 0 aromatic heterocycles.